The number of anilines is 1. The van der Waals surface area contributed by atoms with Crippen molar-refractivity contribution >= 4 is 5.69 Å². The van der Waals surface area contributed by atoms with Gasteiger partial charge in [-0.25, -0.2) is 0 Å². The van der Waals surface area contributed by atoms with E-state index in [0.29, 0.717) is 6.04 Å². The number of rotatable bonds is 3. The number of hydrogen-bond donors (Lipinski definition) is 1. The van der Waals surface area contributed by atoms with E-state index < -0.39 is 0 Å². The van der Waals surface area contributed by atoms with Gasteiger partial charge in [0.05, 0.1) is 0 Å². The molecule has 1 aromatic carbocycles. The van der Waals surface area contributed by atoms with Gasteiger partial charge in [0.25, 0.3) is 0 Å². The first kappa shape index (κ1) is 12.5. The van der Waals surface area contributed by atoms with Gasteiger partial charge < -0.3 is 5.32 Å². The fourth-order valence-corrected chi connectivity index (χ4v) is 2.89. The van der Waals surface area contributed by atoms with Crippen LogP contribution in [0.15, 0.2) is 18.2 Å². The Kier molecular flexibility index (Phi) is 4.09. The van der Waals surface area contributed by atoms with Crippen molar-refractivity contribution in [1.29, 1.82) is 0 Å². The third-order valence-corrected chi connectivity index (χ3v) is 4.13. The lowest BCUT2D eigenvalue weighted by Gasteiger charge is -2.29. The van der Waals surface area contributed by atoms with Crippen LogP contribution in [0.5, 0.6) is 0 Å². The molecule has 17 heavy (non-hydrogen) atoms. The van der Waals surface area contributed by atoms with E-state index in [1.54, 1.807) is 0 Å². The van der Waals surface area contributed by atoms with Crippen LogP contribution in [0.4, 0.5) is 5.69 Å². The van der Waals surface area contributed by atoms with Crippen LogP contribution in [0.3, 0.4) is 0 Å². The highest BCUT2D eigenvalue weighted by atomic mass is 14.9. The molecule has 0 heterocycles. The van der Waals surface area contributed by atoms with Crippen LogP contribution in [-0.4, -0.2) is 6.04 Å². The molecule has 1 aliphatic rings. The molecule has 0 spiro atoms. The molecular weight excluding hydrogens is 206 g/mol. The van der Waals surface area contributed by atoms with Crippen molar-refractivity contribution in [2.24, 2.45) is 5.92 Å². The van der Waals surface area contributed by atoms with Crippen LogP contribution in [0.25, 0.3) is 0 Å². The van der Waals surface area contributed by atoms with E-state index in [0.717, 1.165) is 5.92 Å². The maximum atomic E-state index is 3.72. The fraction of sp³-hybridized carbons (Fsp3) is 0.625. The summed E-state index contributed by atoms with van der Waals surface area (Å²) < 4.78 is 0. The summed E-state index contributed by atoms with van der Waals surface area (Å²) in [6.45, 7) is 6.70. The van der Waals surface area contributed by atoms with Gasteiger partial charge in [0.2, 0.25) is 0 Å². The molecule has 0 aliphatic heterocycles. The summed E-state index contributed by atoms with van der Waals surface area (Å²) in [5.74, 6) is 0.865. The van der Waals surface area contributed by atoms with Gasteiger partial charge in [-0.15, -0.1) is 0 Å². The van der Waals surface area contributed by atoms with Gasteiger partial charge >= 0.3 is 0 Å². The van der Waals surface area contributed by atoms with Crippen LogP contribution in [-0.2, 0) is 0 Å². The quantitative estimate of drug-likeness (QED) is 0.796. The van der Waals surface area contributed by atoms with E-state index in [-0.39, 0.29) is 0 Å². The zero-order chi connectivity index (χ0) is 12.3. The summed E-state index contributed by atoms with van der Waals surface area (Å²) in [6.07, 6.45) is 7.08. The Morgan fingerprint density at radius 1 is 1.12 bits per heavy atom. The Bertz CT molecular complexity index is 364. The van der Waals surface area contributed by atoms with Crippen molar-refractivity contribution in [3.63, 3.8) is 0 Å². The minimum absolute atomic E-state index is 0.607. The summed E-state index contributed by atoms with van der Waals surface area (Å²) in [4.78, 5) is 0. The monoisotopic (exact) mass is 231 g/mol. The Labute approximate surface area is 106 Å². The topological polar surface area (TPSA) is 12.0 Å². The molecule has 1 saturated carbocycles. The Hall–Kier alpha value is -0.980. The minimum atomic E-state index is 0.607. The number of hydrogen-bond acceptors (Lipinski definition) is 1. The fourth-order valence-electron chi connectivity index (χ4n) is 2.89. The molecule has 1 N–H and O–H groups in total. The van der Waals surface area contributed by atoms with E-state index in [2.05, 4.69) is 44.3 Å². The zero-order valence-corrected chi connectivity index (χ0v) is 11.4. The van der Waals surface area contributed by atoms with Crippen molar-refractivity contribution in [2.75, 3.05) is 5.32 Å². The van der Waals surface area contributed by atoms with E-state index in [1.165, 1.54) is 48.9 Å². The number of aryl methyl sites for hydroxylation is 2. The number of benzene rings is 1. The third-order valence-electron chi connectivity index (χ3n) is 4.13. The molecule has 2 rings (SSSR count). The van der Waals surface area contributed by atoms with Gasteiger partial charge in [0, 0.05) is 11.7 Å². The largest absolute Gasteiger partial charge is 0.382 e. The molecule has 1 unspecified atom stereocenters. The minimum Gasteiger partial charge on any atom is -0.382 e. The molecule has 1 aromatic rings. The average molecular weight is 231 g/mol. The van der Waals surface area contributed by atoms with Crippen LogP contribution in [0.1, 0.15) is 50.2 Å². The van der Waals surface area contributed by atoms with E-state index in [4.69, 9.17) is 0 Å². The molecule has 0 radical (unpaired) electrons. The third kappa shape index (κ3) is 3.24. The summed E-state index contributed by atoms with van der Waals surface area (Å²) in [5, 5.41) is 3.72. The van der Waals surface area contributed by atoms with Gasteiger partial charge in [-0.3, -0.25) is 0 Å². The first-order valence-corrected chi connectivity index (χ1v) is 7.00. The number of nitrogens with one attached hydrogen (secondary N) is 1. The SMILES string of the molecule is Cc1ccc(C)c(NC(C)C2CCCCC2)c1. The summed E-state index contributed by atoms with van der Waals surface area (Å²) in [6, 6.07) is 7.28. The van der Waals surface area contributed by atoms with E-state index in [9.17, 15) is 0 Å². The van der Waals surface area contributed by atoms with Crippen LogP contribution in [0.2, 0.25) is 0 Å². The highest BCUT2D eigenvalue weighted by molar-refractivity contribution is 5.53. The van der Waals surface area contributed by atoms with Gasteiger partial charge in [-0.1, -0.05) is 31.4 Å². The predicted molar refractivity (Wildman–Crippen MR) is 75.6 cm³/mol. The molecular formula is C16H25N. The van der Waals surface area contributed by atoms with E-state index in [1.807, 2.05) is 0 Å². The second kappa shape index (κ2) is 5.57. The molecule has 1 atom stereocenters. The highest BCUT2D eigenvalue weighted by Crippen LogP contribution is 2.28. The standard InChI is InChI=1S/C16H25N/c1-12-9-10-13(2)16(11-12)17-14(3)15-7-5-4-6-8-15/h9-11,14-15,17H,4-8H2,1-3H3. The van der Waals surface area contributed by atoms with Crippen molar-refractivity contribution in [2.45, 2.75) is 58.9 Å². The van der Waals surface area contributed by atoms with Crippen molar-refractivity contribution in [3.05, 3.63) is 29.3 Å². The Morgan fingerprint density at radius 2 is 1.82 bits per heavy atom. The smallest absolute Gasteiger partial charge is 0.0374 e. The molecule has 0 saturated heterocycles. The second-order valence-corrected chi connectivity index (χ2v) is 5.65. The first-order valence-electron chi connectivity index (χ1n) is 7.00. The lowest BCUT2D eigenvalue weighted by atomic mass is 9.84. The molecule has 94 valence electrons. The molecule has 0 aromatic heterocycles. The Balaban J connectivity index is 2.01. The summed E-state index contributed by atoms with van der Waals surface area (Å²) in [5.41, 5.74) is 4.02. The van der Waals surface area contributed by atoms with Gasteiger partial charge in [0.15, 0.2) is 0 Å². The summed E-state index contributed by atoms with van der Waals surface area (Å²) >= 11 is 0. The van der Waals surface area contributed by atoms with Gasteiger partial charge in [0.1, 0.15) is 0 Å². The average Bonchev–Trinajstić information content (AvgIpc) is 2.35. The van der Waals surface area contributed by atoms with Crippen LogP contribution >= 0.6 is 0 Å². The zero-order valence-electron chi connectivity index (χ0n) is 11.4. The molecule has 0 bridgehead atoms. The molecule has 1 fully saturated rings. The maximum absolute atomic E-state index is 3.72. The van der Waals surface area contributed by atoms with Crippen molar-refractivity contribution in [3.8, 4) is 0 Å². The van der Waals surface area contributed by atoms with Gasteiger partial charge in [-0.2, -0.15) is 0 Å². The lowest BCUT2D eigenvalue weighted by molar-refractivity contribution is 0.328. The second-order valence-electron chi connectivity index (χ2n) is 5.65. The first-order chi connectivity index (χ1) is 8.16. The lowest BCUT2D eigenvalue weighted by Crippen LogP contribution is -2.28. The van der Waals surface area contributed by atoms with Crippen LogP contribution in [0, 0.1) is 19.8 Å². The maximum Gasteiger partial charge on any atom is 0.0374 e. The van der Waals surface area contributed by atoms with Crippen LogP contribution < -0.4 is 5.32 Å². The molecule has 0 amide bonds. The Morgan fingerprint density at radius 3 is 2.53 bits per heavy atom. The van der Waals surface area contributed by atoms with Crippen molar-refractivity contribution < 1.29 is 0 Å². The van der Waals surface area contributed by atoms with Crippen molar-refractivity contribution in [1.82, 2.24) is 0 Å². The molecule has 1 heteroatoms. The predicted octanol–water partition coefficient (Wildman–Crippen LogP) is 4.68. The summed E-state index contributed by atoms with van der Waals surface area (Å²) in [7, 11) is 0. The molecule has 1 nitrogen and oxygen atoms in total. The van der Waals surface area contributed by atoms with E-state index >= 15 is 0 Å². The normalized spacial score (nSPS) is 19.0. The molecule has 1 aliphatic carbocycles. The van der Waals surface area contributed by atoms with Gasteiger partial charge in [-0.05, 0) is 56.7 Å². The highest BCUT2D eigenvalue weighted by Gasteiger charge is 2.20.